The van der Waals surface area contributed by atoms with E-state index >= 15 is 0 Å². The Kier molecular flexibility index (Phi) is 4.41. The van der Waals surface area contributed by atoms with Gasteiger partial charge in [0.05, 0.1) is 17.1 Å². The van der Waals surface area contributed by atoms with E-state index in [0.717, 1.165) is 10.8 Å². The van der Waals surface area contributed by atoms with E-state index in [4.69, 9.17) is 0 Å². The van der Waals surface area contributed by atoms with Crippen molar-refractivity contribution in [2.75, 3.05) is 16.0 Å². The van der Waals surface area contributed by atoms with Crippen LogP contribution in [0.2, 0.25) is 0 Å². The number of anilines is 3. The van der Waals surface area contributed by atoms with E-state index in [0.29, 0.717) is 17.1 Å². The third-order valence-corrected chi connectivity index (χ3v) is 2.96. The molecule has 0 heterocycles. The van der Waals surface area contributed by atoms with Gasteiger partial charge in [-0.25, -0.2) is 0 Å². The molecule has 3 N–H and O–H groups in total. The quantitative estimate of drug-likeness (QED) is 0.814. The molecule has 6 nitrogen and oxygen atoms in total. The zero-order chi connectivity index (χ0) is 16.3. The largest absolute Gasteiger partial charge is 0.324 e. The second kappa shape index (κ2) is 6.26. The van der Waals surface area contributed by atoms with Crippen LogP contribution in [-0.4, -0.2) is 17.7 Å². The van der Waals surface area contributed by atoms with Crippen LogP contribution in [0.25, 0.3) is 10.8 Å². The molecule has 0 aliphatic rings. The van der Waals surface area contributed by atoms with Gasteiger partial charge in [0.25, 0.3) is 0 Å². The first-order valence-corrected chi connectivity index (χ1v) is 6.77. The lowest BCUT2D eigenvalue weighted by Crippen LogP contribution is -2.16. The van der Waals surface area contributed by atoms with Gasteiger partial charge in [-0.2, -0.15) is 0 Å². The Morgan fingerprint density at radius 3 is 1.91 bits per heavy atom. The van der Waals surface area contributed by atoms with Gasteiger partial charge in [-0.05, 0) is 11.5 Å². The van der Waals surface area contributed by atoms with Crippen LogP contribution in [0.15, 0.2) is 30.3 Å². The van der Waals surface area contributed by atoms with Crippen molar-refractivity contribution in [2.24, 2.45) is 0 Å². The summed E-state index contributed by atoms with van der Waals surface area (Å²) in [6, 6.07) is 9.15. The molecule has 2 rings (SSSR count). The van der Waals surface area contributed by atoms with Crippen molar-refractivity contribution in [3.63, 3.8) is 0 Å². The molecule has 0 aromatic heterocycles. The van der Waals surface area contributed by atoms with Crippen molar-refractivity contribution in [2.45, 2.75) is 20.8 Å². The predicted octanol–water partition coefficient (Wildman–Crippen LogP) is 2.71. The van der Waals surface area contributed by atoms with Crippen molar-refractivity contribution in [3.05, 3.63) is 30.3 Å². The molecule has 22 heavy (non-hydrogen) atoms. The second-order valence-corrected chi connectivity index (χ2v) is 4.94. The number of hydrogen-bond acceptors (Lipinski definition) is 3. The fourth-order valence-corrected chi connectivity index (χ4v) is 2.25. The first kappa shape index (κ1) is 15.5. The summed E-state index contributed by atoms with van der Waals surface area (Å²) in [7, 11) is 0. The first-order chi connectivity index (χ1) is 10.4. The number of amides is 3. The van der Waals surface area contributed by atoms with E-state index < -0.39 is 0 Å². The van der Waals surface area contributed by atoms with Gasteiger partial charge in [-0.15, -0.1) is 0 Å². The van der Waals surface area contributed by atoms with Crippen molar-refractivity contribution in [3.8, 4) is 0 Å². The molecule has 0 saturated carbocycles. The molecule has 6 heteroatoms. The van der Waals surface area contributed by atoms with Crippen LogP contribution in [0, 0.1) is 0 Å². The minimum atomic E-state index is -0.298. The molecule has 0 saturated heterocycles. The number of carbonyl (C=O) groups is 3. The monoisotopic (exact) mass is 299 g/mol. The molecule has 0 bridgehead atoms. The summed E-state index contributed by atoms with van der Waals surface area (Å²) < 4.78 is 0. The highest BCUT2D eigenvalue weighted by molar-refractivity contribution is 6.15. The summed E-state index contributed by atoms with van der Waals surface area (Å²) in [4.78, 5) is 34.4. The minimum Gasteiger partial charge on any atom is -0.324 e. The van der Waals surface area contributed by atoms with E-state index in [1.54, 1.807) is 6.07 Å². The molecule has 0 aliphatic carbocycles. The highest BCUT2D eigenvalue weighted by Gasteiger charge is 2.16. The van der Waals surface area contributed by atoms with Gasteiger partial charge in [-0.3, -0.25) is 14.4 Å². The summed E-state index contributed by atoms with van der Waals surface area (Å²) in [5, 5.41) is 9.70. The summed E-state index contributed by atoms with van der Waals surface area (Å²) in [5.74, 6) is -0.833. The molecule has 2 aromatic rings. The highest BCUT2D eigenvalue weighted by Crippen LogP contribution is 2.38. The Balaban J connectivity index is 2.76. The maximum absolute atomic E-state index is 11.5. The second-order valence-electron chi connectivity index (χ2n) is 4.94. The Morgan fingerprint density at radius 2 is 1.32 bits per heavy atom. The molecular formula is C16H17N3O3. The third-order valence-electron chi connectivity index (χ3n) is 2.96. The van der Waals surface area contributed by atoms with Crippen LogP contribution < -0.4 is 16.0 Å². The summed E-state index contributed by atoms with van der Waals surface area (Å²) in [6.07, 6.45) is 0. The van der Waals surface area contributed by atoms with E-state index in [1.807, 2.05) is 24.3 Å². The van der Waals surface area contributed by atoms with Crippen molar-refractivity contribution >= 4 is 45.6 Å². The van der Waals surface area contributed by atoms with Crippen LogP contribution in [0.4, 0.5) is 17.1 Å². The lowest BCUT2D eigenvalue weighted by molar-refractivity contribution is -0.115. The smallest absolute Gasteiger partial charge is 0.221 e. The summed E-state index contributed by atoms with van der Waals surface area (Å²) in [5.41, 5.74) is 1.27. The fourth-order valence-electron chi connectivity index (χ4n) is 2.25. The first-order valence-electron chi connectivity index (χ1n) is 6.77. The van der Waals surface area contributed by atoms with Crippen LogP contribution in [0.3, 0.4) is 0 Å². The zero-order valence-electron chi connectivity index (χ0n) is 12.6. The number of nitrogens with one attached hydrogen (secondary N) is 3. The molecule has 3 amide bonds. The Labute approximate surface area is 127 Å². The average molecular weight is 299 g/mol. The lowest BCUT2D eigenvalue weighted by atomic mass is 10.0. The van der Waals surface area contributed by atoms with Crippen LogP contribution in [-0.2, 0) is 14.4 Å². The molecule has 0 fully saturated rings. The predicted molar refractivity (Wildman–Crippen MR) is 86.9 cm³/mol. The number of hydrogen-bond donors (Lipinski definition) is 3. The average Bonchev–Trinajstić information content (AvgIpc) is 2.41. The molecule has 2 aromatic carbocycles. The van der Waals surface area contributed by atoms with Crippen LogP contribution in [0.1, 0.15) is 20.8 Å². The standard InChI is InChI=1S/C16H17N3O3/c1-9(20)17-14-8-12-6-4-5-7-13(12)15(18-10(2)21)16(14)19-11(3)22/h4-8H,1-3H3,(H,17,20)(H,18,21)(H,19,22). The fraction of sp³-hybridized carbons (Fsp3) is 0.188. The van der Waals surface area contributed by atoms with Gasteiger partial charge in [-0.1, -0.05) is 24.3 Å². The highest BCUT2D eigenvalue weighted by atomic mass is 16.2. The van der Waals surface area contributed by atoms with E-state index in [1.165, 1.54) is 20.8 Å². The minimum absolute atomic E-state index is 0.267. The van der Waals surface area contributed by atoms with Gasteiger partial charge in [0.15, 0.2) is 0 Å². The molecule has 0 unspecified atom stereocenters. The van der Waals surface area contributed by atoms with Gasteiger partial charge < -0.3 is 16.0 Å². The lowest BCUT2D eigenvalue weighted by Gasteiger charge is -2.18. The summed E-state index contributed by atoms with van der Waals surface area (Å²) in [6.45, 7) is 4.13. The van der Waals surface area contributed by atoms with E-state index in [2.05, 4.69) is 16.0 Å². The Bertz CT molecular complexity index is 769. The number of carbonyl (C=O) groups excluding carboxylic acids is 3. The SMILES string of the molecule is CC(=O)Nc1cc2ccccc2c(NC(C)=O)c1NC(C)=O. The van der Waals surface area contributed by atoms with Crippen LogP contribution in [0.5, 0.6) is 0 Å². The maximum Gasteiger partial charge on any atom is 0.221 e. The number of benzene rings is 2. The van der Waals surface area contributed by atoms with Crippen molar-refractivity contribution < 1.29 is 14.4 Å². The van der Waals surface area contributed by atoms with Gasteiger partial charge in [0.2, 0.25) is 17.7 Å². The van der Waals surface area contributed by atoms with Crippen LogP contribution >= 0.6 is 0 Å². The normalized spacial score (nSPS) is 10.1. The molecule has 114 valence electrons. The van der Waals surface area contributed by atoms with Gasteiger partial charge in [0, 0.05) is 26.2 Å². The number of fused-ring (bicyclic) bond motifs is 1. The van der Waals surface area contributed by atoms with E-state index in [9.17, 15) is 14.4 Å². The van der Waals surface area contributed by atoms with Crippen molar-refractivity contribution in [1.82, 2.24) is 0 Å². The third kappa shape index (κ3) is 3.41. The Hall–Kier alpha value is -2.89. The topological polar surface area (TPSA) is 87.3 Å². The van der Waals surface area contributed by atoms with Crippen molar-refractivity contribution in [1.29, 1.82) is 0 Å². The van der Waals surface area contributed by atoms with Gasteiger partial charge >= 0.3 is 0 Å². The Morgan fingerprint density at radius 1 is 0.773 bits per heavy atom. The molecule has 0 radical (unpaired) electrons. The van der Waals surface area contributed by atoms with E-state index in [-0.39, 0.29) is 17.7 Å². The molecular weight excluding hydrogens is 282 g/mol. The molecule has 0 atom stereocenters. The maximum atomic E-state index is 11.5. The van der Waals surface area contributed by atoms with Gasteiger partial charge in [0.1, 0.15) is 0 Å². The number of rotatable bonds is 3. The summed E-state index contributed by atoms with van der Waals surface area (Å²) >= 11 is 0. The molecule has 0 aliphatic heterocycles. The molecule has 0 spiro atoms. The zero-order valence-corrected chi connectivity index (χ0v) is 12.6.